The summed E-state index contributed by atoms with van der Waals surface area (Å²) in [6, 6.07) is 8.23. The van der Waals surface area contributed by atoms with Gasteiger partial charge in [0.05, 0.1) is 11.0 Å². The summed E-state index contributed by atoms with van der Waals surface area (Å²) in [7, 11) is 0. The third-order valence-corrected chi connectivity index (χ3v) is 3.31. The van der Waals surface area contributed by atoms with Crippen molar-refractivity contribution < 1.29 is 0 Å². The van der Waals surface area contributed by atoms with E-state index in [1.807, 2.05) is 36.7 Å². The Morgan fingerprint density at radius 3 is 2.84 bits per heavy atom. The highest BCUT2D eigenvalue weighted by Gasteiger charge is 2.07. The van der Waals surface area contributed by atoms with Crippen molar-refractivity contribution in [1.29, 1.82) is 0 Å². The standard InChI is InChI=1S/C14H16N4O/c1-9(16-8-10-4-5-15-7-10)11-2-3-12-13(6-11)18-14(19)17-12/h2-7,9,15-16H,8H2,1H3,(H2,17,18,19). The van der Waals surface area contributed by atoms with Crippen molar-refractivity contribution >= 4 is 11.0 Å². The molecule has 4 N–H and O–H groups in total. The van der Waals surface area contributed by atoms with E-state index in [4.69, 9.17) is 0 Å². The topological polar surface area (TPSA) is 76.5 Å². The van der Waals surface area contributed by atoms with Crippen LogP contribution in [0.15, 0.2) is 41.5 Å². The van der Waals surface area contributed by atoms with E-state index < -0.39 is 0 Å². The van der Waals surface area contributed by atoms with Crippen LogP contribution in [0.1, 0.15) is 24.1 Å². The number of benzene rings is 1. The second-order valence-corrected chi connectivity index (χ2v) is 4.71. The predicted octanol–water partition coefficient (Wildman–Crippen LogP) is 2.04. The molecule has 19 heavy (non-hydrogen) atoms. The third-order valence-electron chi connectivity index (χ3n) is 3.31. The fourth-order valence-electron chi connectivity index (χ4n) is 2.18. The van der Waals surface area contributed by atoms with Crippen LogP contribution in [0, 0.1) is 0 Å². The molecule has 1 aromatic carbocycles. The summed E-state index contributed by atoms with van der Waals surface area (Å²) in [6.07, 6.45) is 3.89. The highest BCUT2D eigenvalue weighted by molar-refractivity contribution is 5.75. The van der Waals surface area contributed by atoms with Crippen molar-refractivity contribution in [3.05, 3.63) is 58.3 Å². The first-order valence-electron chi connectivity index (χ1n) is 6.29. The van der Waals surface area contributed by atoms with Gasteiger partial charge in [0, 0.05) is 25.0 Å². The Hall–Kier alpha value is -2.27. The lowest BCUT2D eigenvalue weighted by atomic mass is 10.1. The third kappa shape index (κ3) is 2.46. The van der Waals surface area contributed by atoms with Crippen LogP contribution in [0.3, 0.4) is 0 Å². The molecule has 0 aliphatic carbocycles. The Morgan fingerprint density at radius 2 is 2.05 bits per heavy atom. The molecule has 0 amide bonds. The van der Waals surface area contributed by atoms with E-state index in [1.54, 1.807) is 0 Å². The average molecular weight is 256 g/mol. The van der Waals surface area contributed by atoms with E-state index in [0.717, 1.165) is 23.1 Å². The fourth-order valence-corrected chi connectivity index (χ4v) is 2.18. The van der Waals surface area contributed by atoms with Gasteiger partial charge in [-0.2, -0.15) is 0 Å². The lowest BCUT2D eigenvalue weighted by Crippen LogP contribution is -2.17. The zero-order valence-electron chi connectivity index (χ0n) is 10.7. The SMILES string of the molecule is CC(NCc1cc[nH]c1)c1ccc2[nH]c(=O)[nH]c2c1. The minimum absolute atomic E-state index is 0.167. The Balaban J connectivity index is 1.77. The van der Waals surface area contributed by atoms with Crippen molar-refractivity contribution in [2.45, 2.75) is 19.5 Å². The van der Waals surface area contributed by atoms with Gasteiger partial charge < -0.3 is 20.3 Å². The first-order chi connectivity index (χ1) is 9.22. The van der Waals surface area contributed by atoms with Gasteiger partial charge in [-0.25, -0.2) is 4.79 Å². The Labute approximate surface area is 110 Å². The fraction of sp³-hybridized carbons (Fsp3) is 0.214. The molecule has 5 heteroatoms. The first kappa shape index (κ1) is 11.8. The highest BCUT2D eigenvalue weighted by Crippen LogP contribution is 2.17. The molecule has 2 heterocycles. The first-order valence-corrected chi connectivity index (χ1v) is 6.29. The maximum atomic E-state index is 11.2. The van der Waals surface area contributed by atoms with E-state index in [2.05, 4.69) is 27.2 Å². The molecular weight excluding hydrogens is 240 g/mol. The van der Waals surface area contributed by atoms with E-state index in [1.165, 1.54) is 5.56 Å². The Kier molecular flexibility index (Phi) is 2.97. The van der Waals surface area contributed by atoms with Crippen LogP contribution in [0.4, 0.5) is 0 Å². The molecule has 1 unspecified atom stereocenters. The molecule has 0 radical (unpaired) electrons. The van der Waals surface area contributed by atoms with E-state index in [-0.39, 0.29) is 11.7 Å². The minimum Gasteiger partial charge on any atom is -0.367 e. The summed E-state index contributed by atoms with van der Waals surface area (Å²) in [5, 5.41) is 3.45. The maximum absolute atomic E-state index is 11.2. The van der Waals surface area contributed by atoms with Crippen LogP contribution in [-0.4, -0.2) is 15.0 Å². The number of rotatable bonds is 4. The molecule has 1 atom stereocenters. The molecule has 3 rings (SSSR count). The monoisotopic (exact) mass is 256 g/mol. The maximum Gasteiger partial charge on any atom is 0.323 e. The summed E-state index contributed by atoms with van der Waals surface area (Å²) in [4.78, 5) is 19.8. The molecule has 0 saturated heterocycles. The molecule has 0 aliphatic heterocycles. The van der Waals surface area contributed by atoms with Crippen molar-refractivity contribution in [2.24, 2.45) is 0 Å². The van der Waals surface area contributed by atoms with Gasteiger partial charge in [0.2, 0.25) is 0 Å². The van der Waals surface area contributed by atoms with Crippen LogP contribution < -0.4 is 11.0 Å². The van der Waals surface area contributed by atoms with Crippen molar-refractivity contribution in [1.82, 2.24) is 20.3 Å². The molecular formula is C14H16N4O. The molecule has 0 bridgehead atoms. The molecule has 0 aliphatic rings. The summed E-state index contributed by atoms with van der Waals surface area (Å²) >= 11 is 0. The molecule has 0 spiro atoms. The number of imidazole rings is 1. The quantitative estimate of drug-likeness (QED) is 0.576. The molecule has 0 fully saturated rings. The zero-order chi connectivity index (χ0) is 13.2. The number of hydrogen-bond donors (Lipinski definition) is 4. The lowest BCUT2D eigenvalue weighted by molar-refractivity contribution is 0.575. The van der Waals surface area contributed by atoms with E-state index in [0.29, 0.717) is 0 Å². The molecule has 0 saturated carbocycles. The summed E-state index contributed by atoms with van der Waals surface area (Å²) in [5.74, 6) is 0. The molecule has 3 aromatic rings. The van der Waals surface area contributed by atoms with Crippen LogP contribution in [-0.2, 0) is 6.54 Å². The number of fused-ring (bicyclic) bond motifs is 1. The summed E-state index contributed by atoms with van der Waals surface area (Å²) in [6.45, 7) is 2.92. The second-order valence-electron chi connectivity index (χ2n) is 4.71. The van der Waals surface area contributed by atoms with Gasteiger partial charge in [0.1, 0.15) is 0 Å². The van der Waals surface area contributed by atoms with E-state index >= 15 is 0 Å². The molecule has 5 nitrogen and oxygen atoms in total. The van der Waals surface area contributed by atoms with Crippen LogP contribution in [0.25, 0.3) is 11.0 Å². The number of aromatic amines is 3. The van der Waals surface area contributed by atoms with Gasteiger partial charge in [-0.1, -0.05) is 6.07 Å². The van der Waals surface area contributed by atoms with Gasteiger partial charge in [-0.3, -0.25) is 0 Å². The average Bonchev–Trinajstić information content (AvgIpc) is 3.02. The smallest absolute Gasteiger partial charge is 0.323 e. The number of aromatic nitrogens is 3. The largest absolute Gasteiger partial charge is 0.367 e. The van der Waals surface area contributed by atoms with Crippen molar-refractivity contribution in [3.63, 3.8) is 0 Å². The van der Waals surface area contributed by atoms with Crippen molar-refractivity contribution in [3.8, 4) is 0 Å². The molecule has 2 aromatic heterocycles. The lowest BCUT2D eigenvalue weighted by Gasteiger charge is -2.13. The number of hydrogen-bond acceptors (Lipinski definition) is 2. The molecule has 98 valence electrons. The van der Waals surface area contributed by atoms with Gasteiger partial charge in [0.15, 0.2) is 0 Å². The summed E-state index contributed by atoms with van der Waals surface area (Å²) < 4.78 is 0. The number of nitrogens with one attached hydrogen (secondary N) is 4. The number of H-pyrrole nitrogens is 3. The van der Waals surface area contributed by atoms with Gasteiger partial charge >= 0.3 is 5.69 Å². The normalized spacial score (nSPS) is 12.9. The van der Waals surface area contributed by atoms with Gasteiger partial charge in [-0.15, -0.1) is 0 Å². The minimum atomic E-state index is -0.167. The van der Waals surface area contributed by atoms with Crippen LogP contribution >= 0.6 is 0 Å². The summed E-state index contributed by atoms with van der Waals surface area (Å²) in [5.41, 5.74) is 3.89. The highest BCUT2D eigenvalue weighted by atomic mass is 16.1. The van der Waals surface area contributed by atoms with Crippen molar-refractivity contribution in [2.75, 3.05) is 0 Å². The van der Waals surface area contributed by atoms with Crippen LogP contribution in [0.5, 0.6) is 0 Å². The Morgan fingerprint density at radius 1 is 1.21 bits per heavy atom. The Bertz CT molecular complexity index is 723. The van der Waals surface area contributed by atoms with Crippen LogP contribution in [0.2, 0.25) is 0 Å². The van der Waals surface area contributed by atoms with E-state index in [9.17, 15) is 4.79 Å². The predicted molar refractivity (Wildman–Crippen MR) is 75.0 cm³/mol. The second kappa shape index (κ2) is 4.78. The van der Waals surface area contributed by atoms with Gasteiger partial charge in [0.25, 0.3) is 0 Å². The zero-order valence-corrected chi connectivity index (χ0v) is 10.7. The van der Waals surface area contributed by atoms with Gasteiger partial charge in [-0.05, 0) is 36.2 Å².